The van der Waals surface area contributed by atoms with Gasteiger partial charge < -0.3 is 48.5 Å². The summed E-state index contributed by atoms with van der Waals surface area (Å²) in [7, 11) is 0. The molecule has 4 atom stereocenters. The number of benzene rings is 1. The summed E-state index contributed by atoms with van der Waals surface area (Å²) in [4.78, 5) is 53.5. The number of aromatic hydroxyl groups is 1. The molecular formula is C23H37N7O7. The number of aliphatic carboxylic acids is 1. The van der Waals surface area contributed by atoms with E-state index >= 15 is 0 Å². The number of nitrogens with one attached hydrogen (secondary N) is 3. The average Bonchev–Trinajstić information content (AvgIpc) is 2.83. The molecule has 37 heavy (non-hydrogen) atoms. The summed E-state index contributed by atoms with van der Waals surface area (Å²) in [5.74, 6) is -4.11. The van der Waals surface area contributed by atoms with Crippen molar-refractivity contribution in [3.05, 3.63) is 29.8 Å². The molecule has 0 radical (unpaired) electrons. The van der Waals surface area contributed by atoms with Gasteiger partial charge in [-0.05, 0) is 36.5 Å². The molecule has 12 N–H and O–H groups in total. The molecule has 0 aromatic heterocycles. The van der Waals surface area contributed by atoms with Gasteiger partial charge in [0.15, 0.2) is 5.96 Å². The minimum absolute atomic E-state index is 0.0136. The van der Waals surface area contributed by atoms with E-state index in [2.05, 4.69) is 20.9 Å². The zero-order valence-corrected chi connectivity index (χ0v) is 20.9. The molecular weight excluding hydrogens is 486 g/mol. The number of phenolic OH excluding ortho intramolecular Hbond substituents is 1. The zero-order valence-electron chi connectivity index (χ0n) is 20.9. The SMILES string of the molecule is CC(C)C(NC(=O)C(CO)NC(=O)C(N)CCCN=C(N)N)C(=O)NC(Cc1ccc(O)cc1)C(=O)O. The summed E-state index contributed by atoms with van der Waals surface area (Å²) in [6.45, 7) is 2.78. The van der Waals surface area contributed by atoms with Gasteiger partial charge in [0.25, 0.3) is 0 Å². The predicted molar refractivity (Wildman–Crippen MR) is 135 cm³/mol. The third-order valence-corrected chi connectivity index (χ3v) is 5.36. The summed E-state index contributed by atoms with van der Waals surface area (Å²) in [6, 6.07) is 1.00. The lowest BCUT2D eigenvalue weighted by molar-refractivity contribution is -0.142. The van der Waals surface area contributed by atoms with Gasteiger partial charge in [0.2, 0.25) is 17.7 Å². The summed E-state index contributed by atoms with van der Waals surface area (Å²) in [5.41, 5.74) is 16.8. The Labute approximate surface area is 214 Å². The van der Waals surface area contributed by atoms with Crippen molar-refractivity contribution < 1.29 is 34.5 Å². The lowest BCUT2D eigenvalue weighted by Gasteiger charge is -2.26. The molecule has 206 valence electrons. The third kappa shape index (κ3) is 11.1. The first kappa shape index (κ1) is 31.1. The maximum atomic E-state index is 12.9. The number of aliphatic hydroxyl groups is 1. The van der Waals surface area contributed by atoms with Crippen LogP contribution in [0.4, 0.5) is 0 Å². The molecule has 0 fully saturated rings. The highest BCUT2D eigenvalue weighted by Gasteiger charge is 2.31. The third-order valence-electron chi connectivity index (χ3n) is 5.36. The molecule has 1 aromatic carbocycles. The molecule has 14 nitrogen and oxygen atoms in total. The highest BCUT2D eigenvalue weighted by atomic mass is 16.4. The van der Waals surface area contributed by atoms with Crippen LogP contribution in [0.1, 0.15) is 32.3 Å². The topological polar surface area (TPSA) is 255 Å². The Balaban J connectivity index is 2.79. The number of aliphatic hydroxyl groups excluding tert-OH is 1. The summed E-state index contributed by atoms with van der Waals surface area (Å²) < 4.78 is 0. The van der Waals surface area contributed by atoms with Crippen LogP contribution in [0.15, 0.2) is 29.3 Å². The van der Waals surface area contributed by atoms with Crippen LogP contribution in [0, 0.1) is 5.92 Å². The normalized spacial score (nSPS) is 14.1. The number of guanidine groups is 1. The summed E-state index contributed by atoms with van der Waals surface area (Å²) >= 11 is 0. The van der Waals surface area contributed by atoms with Crippen molar-refractivity contribution in [3.63, 3.8) is 0 Å². The Morgan fingerprint density at radius 1 is 0.946 bits per heavy atom. The fourth-order valence-electron chi connectivity index (χ4n) is 3.24. The van der Waals surface area contributed by atoms with Crippen molar-refractivity contribution in [3.8, 4) is 5.75 Å². The number of rotatable bonds is 15. The van der Waals surface area contributed by atoms with Gasteiger partial charge in [0, 0.05) is 13.0 Å². The van der Waals surface area contributed by atoms with Crippen LogP contribution in [0.25, 0.3) is 0 Å². The molecule has 0 saturated carbocycles. The van der Waals surface area contributed by atoms with Crippen LogP contribution in [0.2, 0.25) is 0 Å². The number of carbonyl (C=O) groups is 4. The summed E-state index contributed by atoms with van der Waals surface area (Å²) in [5, 5.41) is 35.8. The van der Waals surface area contributed by atoms with Gasteiger partial charge in [-0.3, -0.25) is 19.4 Å². The zero-order chi connectivity index (χ0) is 28.1. The van der Waals surface area contributed by atoms with Crippen LogP contribution >= 0.6 is 0 Å². The van der Waals surface area contributed by atoms with Gasteiger partial charge in [-0.25, -0.2) is 4.79 Å². The second kappa shape index (κ2) is 15.3. The van der Waals surface area contributed by atoms with E-state index in [-0.39, 0.29) is 31.1 Å². The van der Waals surface area contributed by atoms with Crippen LogP contribution < -0.4 is 33.2 Å². The minimum atomic E-state index is -1.39. The maximum absolute atomic E-state index is 12.9. The molecule has 0 aliphatic carbocycles. The van der Waals surface area contributed by atoms with Crippen LogP contribution in [0.5, 0.6) is 5.75 Å². The largest absolute Gasteiger partial charge is 0.508 e. The number of amides is 3. The maximum Gasteiger partial charge on any atom is 0.326 e. The standard InChI is InChI=1S/C23H37N7O7/c1-12(2)18(21(35)28-16(22(36)37)10-13-5-7-14(32)8-6-13)30-20(34)17(11-31)29-19(33)15(24)4-3-9-27-23(25)26/h5-8,12,15-18,31-32H,3-4,9-11,24H2,1-2H3,(H,28,35)(H,29,33)(H,30,34)(H,36,37)(H4,25,26,27). The Morgan fingerprint density at radius 2 is 1.54 bits per heavy atom. The molecule has 0 spiro atoms. The van der Waals surface area contributed by atoms with E-state index in [1.54, 1.807) is 13.8 Å². The molecule has 1 aromatic rings. The number of hydrogen-bond acceptors (Lipinski definition) is 8. The van der Waals surface area contributed by atoms with Gasteiger partial charge in [-0.2, -0.15) is 0 Å². The highest BCUT2D eigenvalue weighted by Crippen LogP contribution is 2.12. The van der Waals surface area contributed by atoms with Crippen molar-refractivity contribution in [2.24, 2.45) is 28.1 Å². The second-order valence-corrected chi connectivity index (χ2v) is 8.80. The van der Waals surface area contributed by atoms with Gasteiger partial charge in [-0.1, -0.05) is 26.0 Å². The lowest BCUT2D eigenvalue weighted by Crippen LogP contribution is -2.59. The number of carboxylic acid groups (broad SMARTS) is 1. The van der Waals surface area contributed by atoms with Crippen LogP contribution in [-0.2, 0) is 25.6 Å². The van der Waals surface area contributed by atoms with E-state index in [0.29, 0.717) is 12.0 Å². The number of nitrogens with two attached hydrogens (primary N) is 3. The first-order valence-corrected chi connectivity index (χ1v) is 11.7. The summed E-state index contributed by atoms with van der Waals surface area (Å²) in [6.07, 6.45) is 0.570. The van der Waals surface area contributed by atoms with Gasteiger partial charge >= 0.3 is 5.97 Å². The molecule has 1 rings (SSSR count). The Bertz CT molecular complexity index is 949. The molecule has 0 saturated heterocycles. The first-order chi connectivity index (χ1) is 17.3. The number of hydrogen-bond donors (Lipinski definition) is 9. The predicted octanol–water partition coefficient (Wildman–Crippen LogP) is -2.50. The van der Waals surface area contributed by atoms with E-state index < -0.39 is 60.4 Å². The number of carboxylic acids is 1. The quantitative estimate of drug-likeness (QED) is 0.0663. The van der Waals surface area contributed by atoms with E-state index in [4.69, 9.17) is 17.2 Å². The lowest BCUT2D eigenvalue weighted by atomic mass is 10.0. The second-order valence-electron chi connectivity index (χ2n) is 8.80. The van der Waals surface area contributed by atoms with Gasteiger partial charge in [-0.15, -0.1) is 0 Å². The molecule has 0 heterocycles. The molecule has 0 bridgehead atoms. The van der Waals surface area contributed by atoms with E-state index in [9.17, 15) is 34.5 Å². The van der Waals surface area contributed by atoms with E-state index in [0.717, 1.165) is 0 Å². The molecule has 0 aliphatic rings. The van der Waals surface area contributed by atoms with Gasteiger partial charge in [0.05, 0.1) is 12.6 Å². The van der Waals surface area contributed by atoms with E-state index in [1.165, 1.54) is 24.3 Å². The van der Waals surface area contributed by atoms with Crippen molar-refractivity contribution >= 4 is 29.7 Å². The smallest absolute Gasteiger partial charge is 0.326 e. The van der Waals surface area contributed by atoms with Crippen molar-refractivity contribution in [2.75, 3.05) is 13.2 Å². The van der Waals surface area contributed by atoms with Crippen molar-refractivity contribution in [1.82, 2.24) is 16.0 Å². The fourth-order valence-corrected chi connectivity index (χ4v) is 3.24. The van der Waals surface area contributed by atoms with Gasteiger partial charge in [0.1, 0.15) is 23.9 Å². The minimum Gasteiger partial charge on any atom is -0.508 e. The highest BCUT2D eigenvalue weighted by molar-refractivity contribution is 5.94. The molecule has 14 heteroatoms. The van der Waals surface area contributed by atoms with Crippen LogP contribution in [0.3, 0.4) is 0 Å². The first-order valence-electron chi connectivity index (χ1n) is 11.7. The molecule has 3 amide bonds. The molecule has 4 unspecified atom stereocenters. The molecule has 0 aliphatic heterocycles. The Kier molecular flexibility index (Phi) is 12.8. The fraction of sp³-hybridized carbons (Fsp3) is 0.522. The van der Waals surface area contributed by atoms with Crippen LogP contribution in [-0.4, -0.2) is 82.3 Å². The monoisotopic (exact) mass is 523 g/mol. The van der Waals surface area contributed by atoms with E-state index in [1.807, 2.05) is 0 Å². The average molecular weight is 524 g/mol. The number of carbonyl (C=O) groups excluding carboxylic acids is 3. The number of phenols is 1. The Hall–Kier alpha value is -3.91. The van der Waals surface area contributed by atoms with Crippen molar-refractivity contribution in [2.45, 2.75) is 57.3 Å². The number of aliphatic imine (C=N–C) groups is 1. The number of nitrogens with zero attached hydrogens (tertiary/aromatic N) is 1. The van der Waals surface area contributed by atoms with Crippen molar-refractivity contribution in [1.29, 1.82) is 0 Å². The Morgan fingerprint density at radius 3 is 2.05 bits per heavy atom.